The Labute approximate surface area is 173 Å². The second-order valence-corrected chi connectivity index (χ2v) is 7.59. The number of rotatable bonds is 6. The molecule has 0 unspecified atom stereocenters. The van der Waals surface area contributed by atoms with Gasteiger partial charge in [-0.1, -0.05) is 12.1 Å². The molecule has 150 valence electrons. The van der Waals surface area contributed by atoms with Gasteiger partial charge >= 0.3 is 0 Å². The first-order chi connectivity index (χ1) is 14.0. The van der Waals surface area contributed by atoms with Gasteiger partial charge in [0.2, 0.25) is 11.9 Å². The highest BCUT2D eigenvalue weighted by molar-refractivity contribution is 7.07. The quantitative estimate of drug-likeness (QED) is 0.645. The van der Waals surface area contributed by atoms with E-state index >= 15 is 0 Å². The first kappa shape index (κ1) is 19.1. The average molecular weight is 411 g/mol. The third-order valence-corrected chi connectivity index (χ3v) is 5.49. The lowest BCUT2D eigenvalue weighted by Gasteiger charge is -2.32. The van der Waals surface area contributed by atoms with Gasteiger partial charge in [-0.05, 0) is 31.5 Å². The smallest absolute Gasteiger partial charge is 0.246 e. The normalized spacial score (nSPS) is 15.6. The lowest BCUT2D eigenvalue weighted by molar-refractivity contribution is -0.117. The minimum Gasteiger partial charge on any atom is -0.487 e. The molecule has 4 rings (SSSR count). The van der Waals surface area contributed by atoms with Gasteiger partial charge in [0.1, 0.15) is 24.1 Å². The number of amides is 1. The average Bonchev–Trinajstić information content (AvgIpc) is 3.24. The molecule has 1 aliphatic rings. The second-order valence-electron chi connectivity index (χ2n) is 6.87. The SMILES string of the molecule is Cc1nc(NCc2ccc(OCc3cscn3)cc2)nc2c1NC(=O)[C@H](C)N2C. The monoisotopic (exact) mass is 410 g/mol. The molecule has 9 heteroatoms. The van der Waals surface area contributed by atoms with Crippen LogP contribution in [0.1, 0.15) is 23.9 Å². The topological polar surface area (TPSA) is 92.3 Å². The summed E-state index contributed by atoms with van der Waals surface area (Å²) in [5, 5.41) is 8.12. The summed E-state index contributed by atoms with van der Waals surface area (Å²) in [7, 11) is 1.86. The molecule has 1 aliphatic heterocycles. The highest BCUT2D eigenvalue weighted by Gasteiger charge is 2.30. The van der Waals surface area contributed by atoms with Gasteiger partial charge in [-0.3, -0.25) is 4.79 Å². The van der Waals surface area contributed by atoms with Crippen LogP contribution in [-0.2, 0) is 17.9 Å². The van der Waals surface area contributed by atoms with Crippen molar-refractivity contribution >= 4 is 34.7 Å². The summed E-state index contributed by atoms with van der Waals surface area (Å²) in [4.78, 5) is 27.2. The van der Waals surface area contributed by atoms with Crippen LogP contribution < -0.4 is 20.3 Å². The third-order valence-electron chi connectivity index (χ3n) is 4.86. The number of benzene rings is 1. The van der Waals surface area contributed by atoms with Crippen molar-refractivity contribution < 1.29 is 9.53 Å². The number of hydrogen-bond donors (Lipinski definition) is 2. The number of anilines is 3. The van der Waals surface area contributed by atoms with Crippen LogP contribution in [0.5, 0.6) is 5.75 Å². The number of fused-ring (bicyclic) bond motifs is 1. The summed E-state index contributed by atoms with van der Waals surface area (Å²) in [6.45, 7) is 4.76. The molecule has 0 saturated heterocycles. The Bertz CT molecular complexity index is 1010. The van der Waals surface area contributed by atoms with Crippen LogP contribution in [0, 0.1) is 6.92 Å². The first-order valence-electron chi connectivity index (χ1n) is 9.26. The fourth-order valence-electron chi connectivity index (χ4n) is 2.98. The van der Waals surface area contributed by atoms with Crippen LogP contribution in [0.25, 0.3) is 0 Å². The molecule has 1 amide bonds. The van der Waals surface area contributed by atoms with E-state index in [9.17, 15) is 4.79 Å². The minimum absolute atomic E-state index is 0.0514. The highest BCUT2D eigenvalue weighted by Crippen LogP contribution is 2.32. The fourth-order valence-corrected chi connectivity index (χ4v) is 3.52. The van der Waals surface area contributed by atoms with Gasteiger partial charge in [0.25, 0.3) is 0 Å². The van der Waals surface area contributed by atoms with Crippen molar-refractivity contribution in [2.24, 2.45) is 0 Å². The van der Waals surface area contributed by atoms with Crippen LogP contribution in [0.4, 0.5) is 17.5 Å². The molecule has 3 aromatic rings. The van der Waals surface area contributed by atoms with Crippen molar-refractivity contribution in [1.82, 2.24) is 15.0 Å². The Kier molecular flexibility index (Phi) is 5.30. The Morgan fingerprint density at radius 2 is 2.07 bits per heavy atom. The van der Waals surface area contributed by atoms with E-state index in [1.165, 1.54) is 0 Å². The van der Waals surface area contributed by atoms with Gasteiger partial charge in [0.05, 0.1) is 16.9 Å². The summed E-state index contributed by atoms with van der Waals surface area (Å²) >= 11 is 1.56. The van der Waals surface area contributed by atoms with Gasteiger partial charge in [-0.15, -0.1) is 11.3 Å². The second kappa shape index (κ2) is 8.04. The molecule has 0 spiro atoms. The maximum absolute atomic E-state index is 12.0. The number of carbonyl (C=O) groups is 1. The van der Waals surface area contributed by atoms with Crippen molar-refractivity contribution in [1.29, 1.82) is 0 Å². The molecule has 3 heterocycles. The standard InChI is InChI=1S/C20H22N6O2S/c1-12-17-18(26(3)13(2)19(27)24-17)25-20(23-12)21-8-14-4-6-16(7-5-14)28-9-15-10-29-11-22-15/h4-7,10-11,13H,8-9H2,1-3H3,(H,24,27)(H,21,23,25)/t13-/m0/s1. The van der Waals surface area contributed by atoms with Gasteiger partial charge in [0, 0.05) is 19.0 Å². The van der Waals surface area contributed by atoms with E-state index in [0.717, 1.165) is 28.5 Å². The first-order valence-corrected chi connectivity index (χ1v) is 10.2. The molecule has 0 bridgehead atoms. The minimum atomic E-state index is -0.276. The molecule has 1 atom stereocenters. The third kappa shape index (κ3) is 4.14. The lowest BCUT2D eigenvalue weighted by Crippen LogP contribution is -2.44. The number of carbonyl (C=O) groups excluding carboxylic acids is 1. The maximum Gasteiger partial charge on any atom is 0.246 e. The van der Waals surface area contributed by atoms with E-state index in [4.69, 9.17) is 4.74 Å². The summed E-state index contributed by atoms with van der Waals surface area (Å²) in [5.41, 5.74) is 5.21. The number of aryl methyl sites for hydroxylation is 1. The molecular formula is C20H22N6O2S. The number of nitrogens with zero attached hydrogens (tertiary/aromatic N) is 4. The number of ether oxygens (including phenoxy) is 1. The van der Waals surface area contributed by atoms with E-state index in [0.29, 0.717) is 24.8 Å². The molecule has 1 aromatic carbocycles. The number of nitrogens with one attached hydrogen (secondary N) is 2. The zero-order valence-electron chi connectivity index (χ0n) is 16.5. The number of likely N-dealkylation sites (N-methyl/N-ethyl adjacent to an activating group) is 1. The molecule has 0 radical (unpaired) electrons. The Morgan fingerprint density at radius 1 is 1.28 bits per heavy atom. The van der Waals surface area contributed by atoms with E-state index in [-0.39, 0.29) is 11.9 Å². The van der Waals surface area contributed by atoms with Crippen molar-refractivity contribution in [2.45, 2.75) is 33.0 Å². The summed E-state index contributed by atoms with van der Waals surface area (Å²) in [6.07, 6.45) is 0. The van der Waals surface area contributed by atoms with Gasteiger partial charge < -0.3 is 20.3 Å². The zero-order chi connectivity index (χ0) is 20.4. The van der Waals surface area contributed by atoms with Gasteiger partial charge in [-0.25, -0.2) is 9.97 Å². The van der Waals surface area contributed by atoms with Crippen molar-refractivity contribution in [2.75, 3.05) is 22.6 Å². The summed E-state index contributed by atoms with van der Waals surface area (Å²) in [6, 6.07) is 7.61. The van der Waals surface area contributed by atoms with Gasteiger partial charge in [-0.2, -0.15) is 4.98 Å². The van der Waals surface area contributed by atoms with Crippen molar-refractivity contribution in [3.63, 3.8) is 0 Å². The Balaban J connectivity index is 1.40. The van der Waals surface area contributed by atoms with Crippen LogP contribution in [0.2, 0.25) is 0 Å². The van der Waals surface area contributed by atoms with E-state index < -0.39 is 0 Å². The van der Waals surface area contributed by atoms with Crippen LogP contribution in [-0.4, -0.2) is 33.9 Å². The molecule has 8 nitrogen and oxygen atoms in total. The predicted molar refractivity (Wildman–Crippen MR) is 113 cm³/mol. The highest BCUT2D eigenvalue weighted by atomic mass is 32.1. The summed E-state index contributed by atoms with van der Waals surface area (Å²) in [5.74, 6) is 2.00. The number of thiazole rings is 1. The molecule has 2 aromatic heterocycles. The Morgan fingerprint density at radius 3 is 2.79 bits per heavy atom. The van der Waals surface area contributed by atoms with Gasteiger partial charge in [0.15, 0.2) is 5.82 Å². The molecule has 2 N–H and O–H groups in total. The molecular weight excluding hydrogens is 388 g/mol. The molecule has 0 aliphatic carbocycles. The fraction of sp³-hybridized carbons (Fsp3) is 0.300. The maximum atomic E-state index is 12.0. The van der Waals surface area contributed by atoms with Crippen LogP contribution >= 0.6 is 11.3 Å². The van der Waals surface area contributed by atoms with Crippen molar-refractivity contribution in [3.05, 3.63) is 52.1 Å². The Hall–Kier alpha value is -3.20. The van der Waals surface area contributed by atoms with Crippen LogP contribution in [0.15, 0.2) is 35.2 Å². The number of hydrogen-bond acceptors (Lipinski definition) is 8. The van der Waals surface area contributed by atoms with E-state index in [1.807, 2.05) is 55.4 Å². The largest absolute Gasteiger partial charge is 0.487 e. The van der Waals surface area contributed by atoms with Crippen molar-refractivity contribution in [3.8, 4) is 5.75 Å². The van der Waals surface area contributed by atoms with E-state index in [1.54, 1.807) is 16.8 Å². The summed E-state index contributed by atoms with van der Waals surface area (Å²) < 4.78 is 5.74. The predicted octanol–water partition coefficient (Wildman–Crippen LogP) is 3.21. The lowest BCUT2D eigenvalue weighted by atomic mass is 10.2. The molecule has 29 heavy (non-hydrogen) atoms. The van der Waals surface area contributed by atoms with E-state index in [2.05, 4.69) is 25.6 Å². The molecule has 0 fully saturated rings. The van der Waals surface area contributed by atoms with Crippen LogP contribution in [0.3, 0.4) is 0 Å². The zero-order valence-corrected chi connectivity index (χ0v) is 17.3. The molecule has 0 saturated carbocycles. The number of aromatic nitrogens is 3.